The second kappa shape index (κ2) is 8.03. The summed E-state index contributed by atoms with van der Waals surface area (Å²) in [5.74, 6) is -3.26. The third-order valence-corrected chi connectivity index (χ3v) is 4.64. The first kappa shape index (κ1) is 20.3. The van der Waals surface area contributed by atoms with E-state index in [1.165, 1.54) is 22.8 Å². The minimum atomic E-state index is -1.16. The first-order valence-electron chi connectivity index (χ1n) is 9.10. The summed E-state index contributed by atoms with van der Waals surface area (Å²) in [7, 11) is 0. The van der Waals surface area contributed by atoms with Crippen LogP contribution in [0.3, 0.4) is 0 Å². The van der Waals surface area contributed by atoms with E-state index in [1.54, 1.807) is 25.1 Å². The maximum Gasteiger partial charge on any atom is 0.332 e. The molecule has 0 spiro atoms. The molecular formula is C20H16F2N6O3. The highest BCUT2D eigenvalue weighted by Gasteiger charge is 2.25. The summed E-state index contributed by atoms with van der Waals surface area (Å²) in [6.45, 7) is 4.75. The molecule has 0 fully saturated rings. The summed E-state index contributed by atoms with van der Waals surface area (Å²) < 4.78 is 31.3. The number of carboxylic acids is 1. The molecule has 0 radical (unpaired) electrons. The highest BCUT2D eigenvalue weighted by molar-refractivity contribution is 5.80. The number of hydroxylamine groups is 1. The maximum atomic E-state index is 15.1. The number of benzene rings is 1. The van der Waals surface area contributed by atoms with E-state index in [2.05, 4.69) is 32.3 Å². The molecule has 0 bridgehead atoms. The molecule has 2 N–H and O–H groups in total. The van der Waals surface area contributed by atoms with E-state index in [1.807, 2.05) is 0 Å². The zero-order valence-electron chi connectivity index (χ0n) is 16.2. The molecule has 0 aliphatic rings. The van der Waals surface area contributed by atoms with Gasteiger partial charge < -0.3 is 5.11 Å². The topological polar surface area (TPSA) is 115 Å². The van der Waals surface area contributed by atoms with Crippen molar-refractivity contribution in [2.45, 2.75) is 12.8 Å². The van der Waals surface area contributed by atoms with Crippen molar-refractivity contribution in [3.8, 4) is 0 Å². The van der Waals surface area contributed by atoms with Gasteiger partial charge in [0.1, 0.15) is 17.3 Å². The van der Waals surface area contributed by atoms with E-state index >= 15 is 4.39 Å². The van der Waals surface area contributed by atoms with Crippen molar-refractivity contribution in [1.82, 2.24) is 30.3 Å². The Kier molecular flexibility index (Phi) is 5.26. The highest BCUT2D eigenvalue weighted by Crippen LogP contribution is 2.31. The van der Waals surface area contributed by atoms with E-state index in [4.69, 9.17) is 9.94 Å². The number of nitrogens with one attached hydrogen (secondary N) is 1. The average Bonchev–Trinajstić information content (AvgIpc) is 3.16. The summed E-state index contributed by atoms with van der Waals surface area (Å²) in [5.41, 5.74) is 3.26. The first-order chi connectivity index (χ1) is 14.9. The number of rotatable bonds is 7. The monoisotopic (exact) mass is 426 g/mol. The molecule has 3 heterocycles. The van der Waals surface area contributed by atoms with Crippen LogP contribution in [0.15, 0.2) is 43.1 Å². The Morgan fingerprint density at radius 3 is 2.90 bits per heavy atom. The van der Waals surface area contributed by atoms with Crippen molar-refractivity contribution in [1.29, 1.82) is 0 Å². The molecule has 1 aromatic carbocycles. The summed E-state index contributed by atoms with van der Waals surface area (Å²) in [6, 6.07) is 7.44. The minimum absolute atomic E-state index is 0.177. The van der Waals surface area contributed by atoms with Gasteiger partial charge in [0.2, 0.25) is 0 Å². The Balaban J connectivity index is 1.72. The number of carbonyl (C=O) groups is 1. The predicted octanol–water partition coefficient (Wildman–Crippen LogP) is 2.68. The maximum absolute atomic E-state index is 15.1. The molecule has 0 saturated carbocycles. The van der Waals surface area contributed by atoms with E-state index in [0.29, 0.717) is 11.3 Å². The summed E-state index contributed by atoms with van der Waals surface area (Å²) in [5, 5.41) is 21.2. The van der Waals surface area contributed by atoms with Crippen molar-refractivity contribution in [2.24, 2.45) is 0 Å². The van der Waals surface area contributed by atoms with Gasteiger partial charge in [-0.15, -0.1) is 10.2 Å². The van der Waals surface area contributed by atoms with Gasteiger partial charge in [-0.2, -0.15) is 9.61 Å². The van der Waals surface area contributed by atoms with Crippen LogP contribution in [0.5, 0.6) is 0 Å². The van der Waals surface area contributed by atoms with Crippen LogP contribution in [-0.2, 0) is 9.63 Å². The molecule has 1 atom stereocenters. The number of hydrogen-bond donors (Lipinski definition) is 2. The fourth-order valence-electron chi connectivity index (χ4n) is 3.17. The largest absolute Gasteiger partial charge is 0.479 e. The number of hydrogen-bond acceptors (Lipinski definition) is 7. The van der Waals surface area contributed by atoms with Crippen molar-refractivity contribution in [3.05, 3.63) is 71.8 Å². The Morgan fingerprint density at radius 2 is 2.13 bits per heavy atom. The second-order valence-electron chi connectivity index (χ2n) is 6.69. The average molecular weight is 426 g/mol. The van der Waals surface area contributed by atoms with E-state index in [-0.39, 0.29) is 28.0 Å². The molecule has 3 aromatic heterocycles. The molecule has 158 valence electrons. The van der Waals surface area contributed by atoms with Gasteiger partial charge in [0, 0.05) is 29.1 Å². The zero-order valence-corrected chi connectivity index (χ0v) is 16.2. The lowest BCUT2D eigenvalue weighted by Gasteiger charge is -2.14. The molecular weight excluding hydrogens is 410 g/mol. The van der Waals surface area contributed by atoms with E-state index < -0.39 is 30.1 Å². The van der Waals surface area contributed by atoms with Gasteiger partial charge in [-0.05, 0) is 24.3 Å². The van der Waals surface area contributed by atoms with Gasteiger partial charge in [-0.25, -0.2) is 13.6 Å². The van der Waals surface area contributed by atoms with Crippen LogP contribution < -0.4 is 5.48 Å². The molecule has 31 heavy (non-hydrogen) atoms. The number of pyridine rings is 1. The fourth-order valence-corrected chi connectivity index (χ4v) is 3.17. The van der Waals surface area contributed by atoms with Gasteiger partial charge >= 0.3 is 5.97 Å². The van der Waals surface area contributed by atoms with Crippen LogP contribution in [-0.4, -0.2) is 42.5 Å². The summed E-state index contributed by atoms with van der Waals surface area (Å²) >= 11 is 0. The second-order valence-corrected chi connectivity index (χ2v) is 6.69. The molecule has 0 aliphatic heterocycles. The normalized spacial score (nSPS) is 12.2. The first-order valence-corrected chi connectivity index (χ1v) is 9.10. The van der Waals surface area contributed by atoms with Crippen LogP contribution in [0.25, 0.3) is 22.2 Å². The molecule has 1 unspecified atom stereocenters. The van der Waals surface area contributed by atoms with Crippen molar-refractivity contribution < 1.29 is 23.5 Å². The highest BCUT2D eigenvalue weighted by atomic mass is 19.1. The number of fused-ring (bicyclic) bond motifs is 2. The SMILES string of the molecule is C=C(NOCC(=O)O)c1ccc2nnc(C(C)c3c(F)cc4ncccc4c3F)n2n1. The molecule has 4 rings (SSSR count). The third-order valence-electron chi connectivity index (χ3n) is 4.64. The lowest BCUT2D eigenvalue weighted by Crippen LogP contribution is -2.19. The molecule has 4 aromatic rings. The number of carboxylic acid groups (broad SMARTS) is 1. The Hall–Kier alpha value is -3.99. The molecule has 0 saturated heterocycles. The molecule has 11 heteroatoms. The minimum Gasteiger partial charge on any atom is -0.479 e. The van der Waals surface area contributed by atoms with Crippen molar-refractivity contribution >= 4 is 28.2 Å². The Bertz CT molecular complexity index is 1320. The Morgan fingerprint density at radius 1 is 1.32 bits per heavy atom. The number of halogens is 2. The summed E-state index contributed by atoms with van der Waals surface area (Å²) in [4.78, 5) is 19.3. The third kappa shape index (κ3) is 3.78. The standard InChI is InChI=1S/C20H16F2N6O3/c1-10(18-13(21)8-15-12(19(18)22)4-3-7-23-15)20-25-24-16-6-5-14(26-28(16)20)11(2)27-31-9-17(29)30/h3-8,10,27H,2,9H2,1H3,(H,29,30). The number of nitrogens with zero attached hydrogens (tertiary/aromatic N) is 5. The van der Waals surface area contributed by atoms with E-state index in [9.17, 15) is 9.18 Å². The van der Waals surface area contributed by atoms with Gasteiger partial charge in [-0.3, -0.25) is 15.3 Å². The zero-order chi connectivity index (χ0) is 22.1. The van der Waals surface area contributed by atoms with Gasteiger partial charge in [0.05, 0.1) is 11.2 Å². The molecule has 0 amide bonds. The number of aromatic nitrogens is 5. The van der Waals surface area contributed by atoms with Crippen molar-refractivity contribution in [2.75, 3.05) is 6.61 Å². The van der Waals surface area contributed by atoms with Gasteiger partial charge in [0.15, 0.2) is 18.1 Å². The van der Waals surface area contributed by atoms with Crippen LogP contribution in [0, 0.1) is 11.6 Å². The van der Waals surface area contributed by atoms with Crippen LogP contribution in [0.1, 0.15) is 29.9 Å². The van der Waals surface area contributed by atoms with Crippen LogP contribution in [0.4, 0.5) is 8.78 Å². The smallest absolute Gasteiger partial charge is 0.332 e. The van der Waals surface area contributed by atoms with E-state index in [0.717, 1.165) is 0 Å². The predicted molar refractivity (Wildman–Crippen MR) is 106 cm³/mol. The quantitative estimate of drug-likeness (QED) is 0.434. The summed E-state index contributed by atoms with van der Waals surface area (Å²) in [6.07, 6.45) is 1.46. The molecule has 9 nitrogen and oxygen atoms in total. The fraction of sp³-hybridized carbons (Fsp3) is 0.150. The van der Waals surface area contributed by atoms with Crippen LogP contribution >= 0.6 is 0 Å². The van der Waals surface area contributed by atoms with Crippen molar-refractivity contribution in [3.63, 3.8) is 0 Å². The lowest BCUT2D eigenvalue weighted by molar-refractivity contribution is -0.143. The van der Waals surface area contributed by atoms with Crippen LogP contribution in [0.2, 0.25) is 0 Å². The van der Waals surface area contributed by atoms with Gasteiger partial charge in [0.25, 0.3) is 0 Å². The number of aliphatic carboxylic acids is 1. The van der Waals surface area contributed by atoms with Gasteiger partial charge in [-0.1, -0.05) is 13.5 Å². The Labute approximate surface area is 174 Å². The lowest BCUT2D eigenvalue weighted by atomic mass is 9.97. The molecule has 0 aliphatic carbocycles.